The molecule has 0 aliphatic rings. The number of carbonyl (C=O) groups is 1. The SMILES string of the molecule is C#CCCC(=O)NC(C)c1ccccc1. The fraction of sp³-hybridized carbons (Fsp3) is 0.308. The molecule has 1 atom stereocenters. The van der Waals surface area contributed by atoms with Gasteiger partial charge in [0.15, 0.2) is 0 Å². The van der Waals surface area contributed by atoms with Crippen molar-refractivity contribution in [1.82, 2.24) is 5.32 Å². The molecule has 1 unspecified atom stereocenters. The zero-order valence-corrected chi connectivity index (χ0v) is 8.86. The molecular weight excluding hydrogens is 186 g/mol. The Morgan fingerprint density at radius 3 is 2.73 bits per heavy atom. The first kappa shape index (κ1) is 11.3. The predicted octanol–water partition coefficient (Wildman–Crippen LogP) is 2.28. The molecular formula is C13H15NO. The van der Waals surface area contributed by atoms with Crippen LogP contribution in [0, 0.1) is 12.3 Å². The highest BCUT2D eigenvalue weighted by molar-refractivity contribution is 5.76. The van der Waals surface area contributed by atoms with Crippen molar-refractivity contribution in [2.24, 2.45) is 0 Å². The van der Waals surface area contributed by atoms with Gasteiger partial charge in [-0.1, -0.05) is 30.3 Å². The minimum Gasteiger partial charge on any atom is -0.350 e. The van der Waals surface area contributed by atoms with Crippen LogP contribution in [0.5, 0.6) is 0 Å². The summed E-state index contributed by atoms with van der Waals surface area (Å²) in [4.78, 5) is 11.4. The van der Waals surface area contributed by atoms with Crippen molar-refractivity contribution in [3.63, 3.8) is 0 Å². The maximum absolute atomic E-state index is 11.4. The summed E-state index contributed by atoms with van der Waals surface area (Å²) in [5, 5.41) is 2.90. The van der Waals surface area contributed by atoms with E-state index in [1.54, 1.807) is 0 Å². The van der Waals surface area contributed by atoms with Crippen LogP contribution in [-0.2, 0) is 4.79 Å². The summed E-state index contributed by atoms with van der Waals surface area (Å²) in [5.41, 5.74) is 1.10. The molecule has 2 heteroatoms. The molecule has 0 aliphatic heterocycles. The minimum absolute atomic E-state index is 0.00398. The second kappa shape index (κ2) is 5.87. The van der Waals surface area contributed by atoms with Crippen LogP contribution in [0.1, 0.15) is 31.4 Å². The standard InChI is InChI=1S/C13H15NO/c1-3-4-10-13(15)14-11(2)12-8-6-5-7-9-12/h1,5-9,11H,4,10H2,2H3,(H,14,15). The summed E-state index contributed by atoms with van der Waals surface area (Å²) in [6.45, 7) is 1.96. The zero-order chi connectivity index (χ0) is 11.1. The normalized spacial score (nSPS) is 11.5. The Bertz CT molecular complexity index is 351. The first-order valence-electron chi connectivity index (χ1n) is 5.02. The third-order valence-electron chi connectivity index (χ3n) is 2.17. The molecule has 15 heavy (non-hydrogen) atoms. The van der Waals surface area contributed by atoms with E-state index in [9.17, 15) is 4.79 Å². The lowest BCUT2D eigenvalue weighted by atomic mass is 10.1. The van der Waals surface area contributed by atoms with Gasteiger partial charge in [-0.25, -0.2) is 0 Å². The molecule has 78 valence electrons. The molecule has 0 fully saturated rings. The van der Waals surface area contributed by atoms with Gasteiger partial charge in [-0.15, -0.1) is 12.3 Å². The topological polar surface area (TPSA) is 29.1 Å². The number of amides is 1. The molecule has 1 N–H and O–H groups in total. The number of benzene rings is 1. The van der Waals surface area contributed by atoms with Crippen LogP contribution in [0.3, 0.4) is 0 Å². The molecule has 1 amide bonds. The Labute approximate surface area is 90.7 Å². The van der Waals surface area contributed by atoms with Crippen LogP contribution in [0.25, 0.3) is 0 Å². The van der Waals surface area contributed by atoms with E-state index in [1.807, 2.05) is 37.3 Å². The molecule has 1 rings (SSSR count). The van der Waals surface area contributed by atoms with E-state index >= 15 is 0 Å². The highest BCUT2D eigenvalue weighted by atomic mass is 16.1. The second-order valence-corrected chi connectivity index (χ2v) is 3.40. The largest absolute Gasteiger partial charge is 0.350 e. The Hall–Kier alpha value is -1.75. The number of hydrogen-bond acceptors (Lipinski definition) is 1. The fourth-order valence-electron chi connectivity index (χ4n) is 1.32. The van der Waals surface area contributed by atoms with Gasteiger partial charge in [0.05, 0.1) is 6.04 Å². The van der Waals surface area contributed by atoms with Gasteiger partial charge in [0.25, 0.3) is 0 Å². The van der Waals surface area contributed by atoms with Gasteiger partial charge in [-0.2, -0.15) is 0 Å². The molecule has 0 bridgehead atoms. The predicted molar refractivity (Wildman–Crippen MR) is 61.1 cm³/mol. The average molecular weight is 201 g/mol. The Balaban J connectivity index is 2.46. The van der Waals surface area contributed by atoms with Gasteiger partial charge in [0.2, 0.25) is 5.91 Å². The number of rotatable bonds is 4. The molecule has 0 saturated heterocycles. The van der Waals surface area contributed by atoms with Crippen LogP contribution in [0.15, 0.2) is 30.3 Å². The van der Waals surface area contributed by atoms with Gasteiger partial charge < -0.3 is 5.32 Å². The van der Waals surface area contributed by atoms with E-state index in [2.05, 4.69) is 11.2 Å². The van der Waals surface area contributed by atoms with E-state index in [0.29, 0.717) is 12.8 Å². The molecule has 2 nitrogen and oxygen atoms in total. The maximum Gasteiger partial charge on any atom is 0.221 e. The van der Waals surface area contributed by atoms with Gasteiger partial charge in [-0.3, -0.25) is 4.79 Å². The first-order valence-corrected chi connectivity index (χ1v) is 5.02. The molecule has 0 saturated carbocycles. The van der Waals surface area contributed by atoms with E-state index in [4.69, 9.17) is 6.42 Å². The maximum atomic E-state index is 11.4. The van der Waals surface area contributed by atoms with Crippen LogP contribution in [0.2, 0.25) is 0 Å². The third kappa shape index (κ3) is 3.86. The molecule has 1 aromatic rings. The number of carbonyl (C=O) groups excluding carboxylic acids is 1. The lowest BCUT2D eigenvalue weighted by molar-refractivity contribution is -0.121. The van der Waals surface area contributed by atoms with Crippen LogP contribution >= 0.6 is 0 Å². The van der Waals surface area contributed by atoms with Gasteiger partial charge in [0, 0.05) is 12.8 Å². The summed E-state index contributed by atoms with van der Waals surface area (Å²) in [6, 6.07) is 9.89. The second-order valence-electron chi connectivity index (χ2n) is 3.40. The highest BCUT2D eigenvalue weighted by Gasteiger charge is 2.07. The Kier molecular flexibility index (Phi) is 4.43. The van der Waals surface area contributed by atoms with Crippen LogP contribution < -0.4 is 5.32 Å². The molecule has 0 aliphatic carbocycles. The molecule has 0 heterocycles. The lowest BCUT2D eigenvalue weighted by Gasteiger charge is -2.13. The van der Waals surface area contributed by atoms with E-state index in [-0.39, 0.29) is 11.9 Å². The number of hydrogen-bond donors (Lipinski definition) is 1. The van der Waals surface area contributed by atoms with Crippen LogP contribution in [0.4, 0.5) is 0 Å². The minimum atomic E-state index is 0.00398. The molecule has 0 radical (unpaired) electrons. The average Bonchev–Trinajstić information content (AvgIpc) is 2.27. The van der Waals surface area contributed by atoms with Crippen molar-refractivity contribution >= 4 is 5.91 Å². The Morgan fingerprint density at radius 2 is 2.13 bits per heavy atom. The van der Waals surface area contributed by atoms with Crippen molar-refractivity contribution in [2.75, 3.05) is 0 Å². The quantitative estimate of drug-likeness (QED) is 0.744. The van der Waals surface area contributed by atoms with E-state index < -0.39 is 0 Å². The smallest absolute Gasteiger partial charge is 0.221 e. The molecule has 0 aromatic heterocycles. The molecule has 0 spiro atoms. The van der Waals surface area contributed by atoms with Crippen molar-refractivity contribution in [3.8, 4) is 12.3 Å². The van der Waals surface area contributed by atoms with E-state index in [1.165, 1.54) is 0 Å². The van der Waals surface area contributed by atoms with E-state index in [0.717, 1.165) is 5.56 Å². The summed E-state index contributed by atoms with van der Waals surface area (Å²) < 4.78 is 0. The highest BCUT2D eigenvalue weighted by Crippen LogP contribution is 2.11. The molecule has 1 aromatic carbocycles. The Morgan fingerprint density at radius 1 is 1.47 bits per heavy atom. The monoisotopic (exact) mass is 201 g/mol. The number of nitrogens with one attached hydrogen (secondary N) is 1. The van der Waals surface area contributed by atoms with Gasteiger partial charge in [0.1, 0.15) is 0 Å². The summed E-state index contributed by atoms with van der Waals surface area (Å²) in [6.07, 6.45) is 5.98. The number of terminal acetylenes is 1. The zero-order valence-electron chi connectivity index (χ0n) is 8.86. The summed E-state index contributed by atoms with van der Waals surface area (Å²) in [5.74, 6) is 2.45. The van der Waals surface area contributed by atoms with Crippen molar-refractivity contribution < 1.29 is 4.79 Å². The lowest BCUT2D eigenvalue weighted by Crippen LogP contribution is -2.26. The summed E-state index contributed by atoms with van der Waals surface area (Å²) in [7, 11) is 0. The van der Waals surface area contributed by atoms with Gasteiger partial charge in [-0.05, 0) is 12.5 Å². The third-order valence-corrected chi connectivity index (χ3v) is 2.17. The van der Waals surface area contributed by atoms with Crippen molar-refractivity contribution in [1.29, 1.82) is 0 Å². The van der Waals surface area contributed by atoms with Crippen molar-refractivity contribution in [3.05, 3.63) is 35.9 Å². The fourth-order valence-corrected chi connectivity index (χ4v) is 1.32. The van der Waals surface area contributed by atoms with Gasteiger partial charge >= 0.3 is 0 Å². The van der Waals surface area contributed by atoms with Crippen molar-refractivity contribution in [2.45, 2.75) is 25.8 Å². The summed E-state index contributed by atoms with van der Waals surface area (Å²) >= 11 is 0. The first-order chi connectivity index (χ1) is 7.24. The van der Waals surface area contributed by atoms with Crippen LogP contribution in [-0.4, -0.2) is 5.91 Å².